The Morgan fingerprint density at radius 1 is 0.708 bits per heavy atom. The van der Waals surface area contributed by atoms with Crippen LogP contribution in [-0.4, -0.2) is 4.92 Å². The van der Waals surface area contributed by atoms with Crippen LogP contribution in [0.3, 0.4) is 0 Å². The van der Waals surface area contributed by atoms with E-state index in [0.29, 0.717) is 0 Å². The zero-order chi connectivity index (χ0) is 16.8. The van der Waals surface area contributed by atoms with Crippen LogP contribution in [0, 0.1) is 10.1 Å². The van der Waals surface area contributed by atoms with Crippen molar-refractivity contribution in [1.29, 1.82) is 0 Å². The molecule has 2 atom stereocenters. The molecule has 0 amide bonds. The maximum Gasteiger partial charge on any atom is 0.254 e. The predicted octanol–water partition coefficient (Wildman–Crippen LogP) is 5.54. The van der Waals surface area contributed by atoms with Crippen LogP contribution in [0.4, 0.5) is 0 Å². The lowest BCUT2D eigenvalue weighted by atomic mass is 9.99. The Morgan fingerprint density at radius 3 is 1.67 bits per heavy atom. The van der Waals surface area contributed by atoms with Crippen LogP contribution in [0.15, 0.2) is 95.9 Å². The van der Waals surface area contributed by atoms with Gasteiger partial charge in [0.15, 0.2) is 0 Å². The molecule has 120 valence electrons. The van der Waals surface area contributed by atoms with Crippen molar-refractivity contribution in [2.45, 2.75) is 16.2 Å². The average molecular weight is 335 g/mol. The highest BCUT2D eigenvalue weighted by Crippen LogP contribution is 2.45. The van der Waals surface area contributed by atoms with E-state index in [-0.39, 0.29) is 10.2 Å². The highest BCUT2D eigenvalue weighted by atomic mass is 32.2. The third-order valence-electron chi connectivity index (χ3n) is 3.79. The molecule has 3 aromatic carbocycles. The Bertz CT molecular complexity index is 779. The normalized spacial score (nSPS) is 13.2. The molecule has 0 N–H and O–H groups in total. The summed E-state index contributed by atoms with van der Waals surface area (Å²) in [6.07, 6.45) is 0. The van der Waals surface area contributed by atoms with E-state index in [1.807, 2.05) is 91.0 Å². The molecule has 3 rings (SSSR count). The quantitative estimate of drug-likeness (QED) is 0.337. The zero-order valence-corrected chi connectivity index (χ0v) is 13.8. The predicted molar refractivity (Wildman–Crippen MR) is 97.7 cm³/mol. The number of nitrogens with zero attached hydrogens (tertiary/aromatic N) is 1. The molecule has 0 unspecified atom stereocenters. The highest BCUT2D eigenvalue weighted by Gasteiger charge is 2.35. The Kier molecular flexibility index (Phi) is 5.29. The fraction of sp³-hybridized carbons (Fsp3) is 0.100. The molecule has 0 aliphatic carbocycles. The lowest BCUT2D eigenvalue weighted by Crippen LogP contribution is -2.17. The van der Waals surface area contributed by atoms with Crippen LogP contribution >= 0.6 is 11.8 Å². The standard InChI is InChI=1S/C20H17NO2S/c22-21(23)19(16-10-4-1-5-11-16)20(17-12-6-2-7-13-17)24-18-14-8-3-9-15-18/h1-15,19-20H/t19-,20+/m0/s1. The molecule has 0 bridgehead atoms. The molecule has 24 heavy (non-hydrogen) atoms. The molecule has 0 heterocycles. The smallest absolute Gasteiger partial charge is 0.254 e. The summed E-state index contributed by atoms with van der Waals surface area (Å²) >= 11 is 1.53. The molecule has 4 heteroatoms. The van der Waals surface area contributed by atoms with E-state index in [4.69, 9.17) is 0 Å². The maximum atomic E-state index is 11.9. The summed E-state index contributed by atoms with van der Waals surface area (Å²) in [6, 6.07) is 28.0. The Labute approximate surface area is 145 Å². The van der Waals surface area contributed by atoms with Gasteiger partial charge < -0.3 is 0 Å². The lowest BCUT2D eigenvalue weighted by Gasteiger charge is -2.21. The van der Waals surface area contributed by atoms with Gasteiger partial charge in [0.25, 0.3) is 6.04 Å². The fourth-order valence-corrected chi connectivity index (χ4v) is 3.95. The van der Waals surface area contributed by atoms with Gasteiger partial charge in [0.05, 0.1) is 0 Å². The van der Waals surface area contributed by atoms with Crippen LogP contribution in [0.5, 0.6) is 0 Å². The van der Waals surface area contributed by atoms with Crippen LogP contribution in [0.1, 0.15) is 22.4 Å². The van der Waals surface area contributed by atoms with Crippen molar-refractivity contribution in [2.24, 2.45) is 0 Å². The molecular weight excluding hydrogens is 318 g/mol. The van der Waals surface area contributed by atoms with Crippen molar-refractivity contribution >= 4 is 11.8 Å². The van der Waals surface area contributed by atoms with Crippen molar-refractivity contribution < 1.29 is 4.92 Å². The molecular formula is C20H17NO2S. The summed E-state index contributed by atoms with van der Waals surface area (Å²) in [5.74, 6) is 0. The molecule has 0 spiro atoms. The second-order valence-electron chi connectivity index (χ2n) is 5.40. The first-order chi connectivity index (χ1) is 11.8. The highest BCUT2D eigenvalue weighted by molar-refractivity contribution is 7.99. The minimum Gasteiger partial charge on any atom is -0.264 e. The van der Waals surface area contributed by atoms with Crippen molar-refractivity contribution in [3.05, 3.63) is 112 Å². The summed E-state index contributed by atoms with van der Waals surface area (Å²) < 4.78 is 0. The van der Waals surface area contributed by atoms with E-state index in [0.717, 1.165) is 16.0 Å². The van der Waals surface area contributed by atoms with Gasteiger partial charge in [-0.05, 0) is 17.7 Å². The molecule has 3 nitrogen and oxygen atoms in total. The van der Waals surface area contributed by atoms with Crippen LogP contribution in [0.2, 0.25) is 0 Å². The van der Waals surface area contributed by atoms with Crippen LogP contribution < -0.4 is 0 Å². The number of thioether (sulfide) groups is 1. The van der Waals surface area contributed by atoms with Gasteiger partial charge in [0, 0.05) is 15.4 Å². The lowest BCUT2D eigenvalue weighted by molar-refractivity contribution is -0.529. The van der Waals surface area contributed by atoms with Gasteiger partial charge in [-0.3, -0.25) is 10.1 Å². The van der Waals surface area contributed by atoms with E-state index in [9.17, 15) is 10.1 Å². The molecule has 0 saturated carbocycles. The minimum atomic E-state index is -0.807. The van der Waals surface area contributed by atoms with E-state index in [1.54, 1.807) is 0 Å². The van der Waals surface area contributed by atoms with Gasteiger partial charge >= 0.3 is 0 Å². The summed E-state index contributed by atoms with van der Waals surface area (Å²) in [6.45, 7) is 0. The van der Waals surface area contributed by atoms with Crippen molar-refractivity contribution in [2.75, 3.05) is 0 Å². The molecule has 3 aromatic rings. The second kappa shape index (κ2) is 7.79. The van der Waals surface area contributed by atoms with E-state index in [1.165, 1.54) is 11.8 Å². The number of hydrogen-bond acceptors (Lipinski definition) is 3. The summed E-state index contributed by atoms with van der Waals surface area (Å²) in [5, 5.41) is 11.6. The first-order valence-corrected chi connectivity index (χ1v) is 8.59. The van der Waals surface area contributed by atoms with Gasteiger partial charge in [0.2, 0.25) is 0 Å². The third-order valence-corrected chi connectivity index (χ3v) is 5.12. The molecule has 0 aliphatic heterocycles. The Balaban J connectivity index is 2.03. The number of rotatable bonds is 6. The third kappa shape index (κ3) is 3.84. The van der Waals surface area contributed by atoms with Crippen LogP contribution in [0.25, 0.3) is 0 Å². The van der Waals surface area contributed by atoms with Gasteiger partial charge in [-0.2, -0.15) is 0 Å². The Morgan fingerprint density at radius 2 is 1.17 bits per heavy atom. The average Bonchev–Trinajstić information content (AvgIpc) is 2.63. The van der Waals surface area contributed by atoms with Crippen LogP contribution in [-0.2, 0) is 0 Å². The Hall–Kier alpha value is -2.59. The summed E-state index contributed by atoms with van der Waals surface area (Å²) in [5.41, 5.74) is 1.68. The number of nitro groups is 1. The topological polar surface area (TPSA) is 43.1 Å². The summed E-state index contributed by atoms with van der Waals surface area (Å²) in [7, 11) is 0. The molecule has 0 aliphatic rings. The van der Waals surface area contributed by atoms with Crippen molar-refractivity contribution in [3.63, 3.8) is 0 Å². The number of hydrogen-bond donors (Lipinski definition) is 0. The minimum absolute atomic E-state index is 0.178. The van der Waals surface area contributed by atoms with Gasteiger partial charge in [-0.1, -0.05) is 78.9 Å². The van der Waals surface area contributed by atoms with Gasteiger partial charge in [-0.25, -0.2) is 0 Å². The van der Waals surface area contributed by atoms with E-state index in [2.05, 4.69) is 0 Å². The molecule has 0 radical (unpaired) electrons. The molecule has 0 aromatic heterocycles. The number of benzene rings is 3. The summed E-state index contributed by atoms with van der Waals surface area (Å²) in [4.78, 5) is 12.7. The zero-order valence-electron chi connectivity index (χ0n) is 13.0. The molecule has 0 fully saturated rings. The van der Waals surface area contributed by atoms with Gasteiger partial charge in [0.1, 0.15) is 5.25 Å². The fourth-order valence-electron chi connectivity index (χ4n) is 2.66. The first-order valence-electron chi connectivity index (χ1n) is 7.71. The SMILES string of the molecule is O=[N+]([O-])[C@@H](c1ccccc1)[C@H](Sc1ccccc1)c1ccccc1. The first kappa shape index (κ1) is 16.3. The van der Waals surface area contributed by atoms with E-state index < -0.39 is 6.04 Å². The van der Waals surface area contributed by atoms with Crippen molar-refractivity contribution in [1.82, 2.24) is 0 Å². The van der Waals surface area contributed by atoms with Crippen molar-refractivity contribution in [3.8, 4) is 0 Å². The maximum absolute atomic E-state index is 11.9. The van der Waals surface area contributed by atoms with E-state index >= 15 is 0 Å². The second-order valence-corrected chi connectivity index (χ2v) is 6.62. The molecule has 0 saturated heterocycles. The monoisotopic (exact) mass is 335 g/mol. The van der Waals surface area contributed by atoms with Gasteiger partial charge in [-0.15, -0.1) is 11.8 Å². The largest absolute Gasteiger partial charge is 0.264 e.